The zero-order valence-electron chi connectivity index (χ0n) is 16.3. The molecular weight excluding hydrogens is 435 g/mol. The smallest absolute Gasteiger partial charge is 0.410 e. The first-order valence-electron chi connectivity index (χ1n) is 8.86. The van der Waals surface area contributed by atoms with Crippen molar-refractivity contribution >= 4 is 36.0 Å². The van der Waals surface area contributed by atoms with Gasteiger partial charge in [0.2, 0.25) is 0 Å². The lowest BCUT2D eigenvalue weighted by atomic mass is 9.98. The minimum atomic E-state index is -0.450. The van der Waals surface area contributed by atoms with Crippen molar-refractivity contribution < 1.29 is 14.3 Å². The van der Waals surface area contributed by atoms with Gasteiger partial charge in [0.25, 0.3) is 0 Å². The fourth-order valence-electron chi connectivity index (χ4n) is 2.57. The number of amides is 1. The van der Waals surface area contributed by atoms with Crippen LogP contribution >= 0.6 is 24.0 Å². The van der Waals surface area contributed by atoms with Crippen LogP contribution in [0.1, 0.15) is 40.5 Å². The molecule has 25 heavy (non-hydrogen) atoms. The topological polar surface area (TPSA) is 75.2 Å². The Morgan fingerprint density at radius 1 is 1.32 bits per heavy atom. The Morgan fingerprint density at radius 2 is 2.04 bits per heavy atom. The van der Waals surface area contributed by atoms with E-state index in [0.29, 0.717) is 12.5 Å². The normalized spacial score (nSPS) is 18.4. The average molecular weight is 470 g/mol. The van der Waals surface area contributed by atoms with E-state index in [1.807, 2.05) is 32.6 Å². The molecule has 0 aromatic rings. The molecule has 0 aromatic carbocycles. The number of carbonyl (C=O) groups is 1. The van der Waals surface area contributed by atoms with E-state index in [2.05, 4.69) is 15.6 Å². The fraction of sp³-hybridized carbons (Fsp3) is 0.882. The summed E-state index contributed by atoms with van der Waals surface area (Å²) in [6.07, 6.45) is 1.89. The fourth-order valence-corrected chi connectivity index (χ4v) is 2.57. The summed E-state index contributed by atoms with van der Waals surface area (Å²) in [5.74, 6) is 1.17. The number of hydrogen-bond donors (Lipinski definition) is 2. The van der Waals surface area contributed by atoms with Gasteiger partial charge in [-0.25, -0.2) is 4.79 Å². The molecule has 7 nitrogen and oxygen atoms in total. The second kappa shape index (κ2) is 12.6. The van der Waals surface area contributed by atoms with E-state index in [9.17, 15) is 4.79 Å². The highest BCUT2D eigenvalue weighted by molar-refractivity contribution is 14.0. The summed E-state index contributed by atoms with van der Waals surface area (Å²) in [5, 5.41) is 6.55. The van der Waals surface area contributed by atoms with Gasteiger partial charge in [-0.15, -0.1) is 24.0 Å². The quantitative estimate of drug-likeness (QED) is 0.270. The van der Waals surface area contributed by atoms with Crippen molar-refractivity contribution in [2.45, 2.75) is 46.1 Å². The molecule has 1 unspecified atom stereocenters. The number of carbonyl (C=O) groups excluding carboxylic acids is 1. The van der Waals surface area contributed by atoms with Crippen molar-refractivity contribution in [3.05, 3.63) is 0 Å². The number of guanidine groups is 1. The van der Waals surface area contributed by atoms with E-state index in [0.717, 1.165) is 51.6 Å². The highest BCUT2D eigenvalue weighted by atomic mass is 127. The van der Waals surface area contributed by atoms with Gasteiger partial charge in [-0.3, -0.25) is 4.99 Å². The minimum Gasteiger partial charge on any atom is -0.444 e. The molecule has 1 amide bonds. The number of ether oxygens (including phenoxy) is 2. The Morgan fingerprint density at radius 3 is 2.64 bits per heavy atom. The van der Waals surface area contributed by atoms with Gasteiger partial charge in [0.1, 0.15) is 5.60 Å². The predicted molar refractivity (Wildman–Crippen MR) is 112 cm³/mol. The van der Waals surface area contributed by atoms with Gasteiger partial charge < -0.3 is 25.0 Å². The molecule has 148 valence electrons. The molecule has 1 atom stereocenters. The number of rotatable bonds is 6. The van der Waals surface area contributed by atoms with Crippen molar-refractivity contribution in [2.24, 2.45) is 10.9 Å². The third-order valence-electron chi connectivity index (χ3n) is 3.70. The van der Waals surface area contributed by atoms with Crippen molar-refractivity contribution in [3.63, 3.8) is 0 Å². The van der Waals surface area contributed by atoms with Gasteiger partial charge in [0.15, 0.2) is 5.96 Å². The van der Waals surface area contributed by atoms with E-state index in [4.69, 9.17) is 9.47 Å². The lowest BCUT2D eigenvalue weighted by molar-refractivity contribution is 0.0168. The third kappa shape index (κ3) is 10.7. The number of halogens is 1. The van der Waals surface area contributed by atoms with Crippen molar-refractivity contribution in [1.82, 2.24) is 15.5 Å². The number of aliphatic imine (C=N–C) groups is 1. The van der Waals surface area contributed by atoms with Crippen LogP contribution in [0.25, 0.3) is 0 Å². The number of likely N-dealkylation sites (tertiary alicyclic amines) is 1. The molecule has 1 aliphatic heterocycles. The first-order valence-corrected chi connectivity index (χ1v) is 8.86. The maximum absolute atomic E-state index is 12.2. The first kappa shape index (κ1) is 24.2. The van der Waals surface area contributed by atoms with Crippen LogP contribution in [0, 0.1) is 5.92 Å². The molecule has 0 radical (unpaired) electrons. The Kier molecular flexibility index (Phi) is 12.2. The minimum absolute atomic E-state index is 0. The predicted octanol–water partition coefficient (Wildman–Crippen LogP) is 2.45. The van der Waals surface area contributed by atoms with Crippen molar-refractivity contribution in [2.75, 3.05) is 46.4 Å². The van der Waals surface area contributed by atoms with Gasteiger partial charge in [-0.05, 0) is 46.5 Å². The monoisotopic (exact) mass is 470 g/mol. The zero-order valence-corrected chi connectivity index (χ0v) is 18.6. The second-order valence-corrected chi connectivity index (χ2v) is 7.01. The van der Waals surface area contributed by atoms with E-state index < -0.39 is 5.60 Å². The average Bonchev–Trinajstić information content (AvgIpc) is 2.53. The van der Waals surface area contributed by atoms with Crippen LogP contribution in [0.4, 0.5) is 4.79 Å². The van der Waals surface area contributed by atoms with Gasteiger partial charge in [0, 0.05) is 39.8 Å². The highest BCUT2D eigenvalue weighted by Gasteiger charge is 2.27. The lowest BCUT2D eigenvalue weighted by Crippen LogP contribution is -2.47. The summed E-state index contributed by atoms with van der Waals surface area (Å²) in [5.41, 5.74) is -0.450. The van der Waals surface area contributed by atoms with Crippen LogP contribution in [-0.2, 0) is 9.47 Å². The van der Waals surface area contributed by atoms with Gasteiger partial charge in [0.05, 0.1) is 6.61 Å². The highest BCUT2D eigenvalue weighted by Crippen LogP contribution is 2.18. The summed E-state index contributed by atoms with van der Waals surface area (Å²) in [4.78, 5) is 18.2. The molecule has 1 saturated heterocycles. The summed E-state index contributed by atoms with van der Waals surface area (Å²) in [7, 11) is 1.75. The molecule has 1 rings (SSSR count). The molecule has 0 saturated carbocycles. The van der Waals surface area contributed by atoms with Crippen LogP contribution in [0.2, 0.25) is 0 Å². The molecule has 1 aliphatic rings. The largest absolute Gasteiger partial charge is 0.444 e. The zero-order chi connectivity index (χ0) is 18.0. The maximum Gasteiger partial charge on any atom is 0.410 e. The van der Waals surface area contributed by atoms with Crippen LogP contribution in [-0.4, -0.2) is 69.0 Å². The van der Waals surface area contributed by atoms with E-state index in [-0.39, 0.29) is 30.1 Å². The number of nitrogens with zero attached hydrogens (tertiary/aromatic N) is 2. The Bertz CT molecular complexity index is 413. The van der Waals surface area contributed by atoms with Crippen LogP contribution in [0.3, 0.4) is 0 Å². The molecule has 0 aromatic heterocycles. The summed E-state index contributed by atoms with van der Waals surface area (Å²) in [6.45, 7) is 12.0. The number of nitrogens with one attached hydrogen (secondary N) is 2. The van der Waals surface area contributed by atoms with Crippen LogP contribution in [0.15, 0.2) is 4.99 Å². The van der Waals surface area contributed by atoms with Gasteiger partial charge >= 0.3 is 6.09 Å². The van der Waals surface area contributed by atoms with Gasteiger partial charge in [-0.2, -0.15) is 0 Å². The third-order valence-corrected chi connectivity index (χ3v) is 3.70. The van der Waals surface area contributed by atoms with Gasteiger partial charge in [-0.1, -0.05) is 0 Å². The Hall–Kier alpha value is -0.770. The molecular formula is C17H35IN4O3. The molecule has 0 aliphatic carbocycles. The second-order valence-electron chi connectivity index (χ2n) is 7.01. The standard InChI is InChI=1S/C17H34N4O3.HI/c1-6-23-11-9-19-15(18-5)20-12-14-8-7-10-21(13-14)16(22)24-17(2,3)4;/h14H,6-13H2,1-5H3,(H2,18,19,20);1H. The van der Waals surface area contributed by atoms with E-state index >= 15 is 0 Å². The molecule has 1 fully saturated rings. The molecule has 0 bridgehead atoms. The van der Waals surface area contributed by atoms with Crippen LogP contribution < -0.4 is 10.6 Å². The van der Waals surface area contributed by atoms with E-state index in [1.54, 1.807) is 7.05 Å². The van der Waals surface area contributed by atoms with Crippen molar-refractivity contribution in [3.8, 4) is 0 Å². The molecule has 2 N–H and O–H groups in total. The lowest BCUT2D eigenvalue weighted by Gasteiger charge is -2.34. The summed E-state index contributed by atoms with van der Waals surface area (Å²) < 4.78 is 10.8. The number of hydrogen-bond acceptors (Lipinski definition) is 4. The SMILES string of the molecule is CCOCCNC(=NC)NCC1CCCN(C(=O)OC(C)(C)C)C1.I. The first-order chi connectivity index (χ1) is 11.4. The maximum atomic E-state index is 12.2. The van der Waals surface area contributed by atoms with E-state index in [1.165, 1.54) is 0 Å². The van der Waals surface area contributed by atoms with Crippen LogP contribution in [0.5, 0.6) is 0 Å². The summed E-state index contributed by atoms with van der Waals surface area (Å²) >= 11 is 0. The Balaban J connectivity index is 0.00000576. The molecule has 1 heterocycles. The number of piperidine rings is 1. The molecule has 0 spiro atoms. The summed E-state index contributed by atoms with van der Waals surface area (Å²) in [6, 6.07) is 0. The molecule has 8 heteroatoms. The van der Waals surface area contributed by atoms with Crippen molar-refractivity contribution in [1.29, 1.82) is 0 Å². The Labute approximate surface area is 169 Å².